The fourth-order valence-corrected chi connectivity index (χ4v) is 3.02. The molecule has 0 aliphatic rings. The predicted molar refractivity (Wildman–Crippen MR) is 102 cm³/mol. The Labute approximate surface area is 144 Å². The zero-order chi connectivity index (χ0) is 16.9. The molecule has 122 valence electrons. The summed E-state index contributed by atoms with van der Waals surface area (Å²) in [6.07, 6.45) is 0.955. The third-order valence-electron chi connectivity index (χ3n) is 4.40. The molecule has 24 heavy (non-hydrogen) atoms. The minimum atomic E-state index is 0.792. The highest BCUT2D eigenvalue weighted by atomic mass is 14.9. The molecular formula is C22H24N2. The summed E-state index contributed by atoms with van der Waals surface area (Å²) in [5.41, 5.74) is 8.42. The van der Waals surface area contributed by atoms with Crippen LogP contribution in [0.3, 0.4) is 0 Å². The number of aryl methyl sites for hydroxylation is 3. The van der Waals surface area contributed by atoms with E-state index >= 15 is 0 Å². The van der Waals surface area contributed by atoms with Gasteiger partial charge in [-0.2, -0.15) is 0 Å². The molecule has 0 amide bonds. The first-order chi connectivity index (χ1) is 11.7. The molecule has 0 atom stereocenters. The Hall–Kier alpha value is -2.61. The van der Waals surface area contributed by atoms with Gasteiger partial charge in [0.25, 0.3) is 0 Å². The molecule has 0 aliphatic heterocycles. The van der Waals surface area contributed by atoms with E-state index in [1.54, 1.807) is 0 Å². The summed E-state index contributed by atoms with van der Waals surface area (Å²) in [5.74, 6) is 0. The second-order valence-corrected chi connectivity index (χ2v) is 6.15. The normalized spacial score (nSPS) is 10.6. The summed E-state index contributed by atoms with van der Waals surface area (Å²) in [6.45, 7) is 7.23. The number of nitrogens with zero attached hydrogens (tertiary/aromatic N) is 1. The Morgan fingerprint density at radius 3 is 2.38 bits per heavy atom. The van der Waals surface area contributed by atoms with Crippen molar-refractivity contribution in [1.29, 1.82) is 0 Å². The Balaban J connectivity index is 1.94. The average molecular weight is 316 g/mol. The zero-order valence-corrected chi connectivity index (χ0v) is 14.6. The molecule has 2 heteroatoms. The molecule has 0 spiro atoms. The minimum absolute atomic E-state index is 0.792. The van der Waals surface area contributed by atoms with Gasteiger partial charge in [-0.25, -0.2) is 0 Å². The molecule has 0 unspecified atom stereocenters. The van der Waals surface area contributed by atoms with Gasteiger partial charge < -0.3 is 5.32 Å². The van der Waals surface area contributed by atoms with Crippen LogP contribution in [0, 0.1) is 13.8 Å². The lowest BCUT2D eigenvalue weighted by Crippen LogP contribution is -2.04. The first-order valence-corrected chi connectivity index (χ1v) is 8.53. The number of hydrogen-bond acceptors (Lipinski definition) is 2. The van der Waals surface area contributed by atoms with Gasteiger partial charge in [0, 0.05) is 23.5 Å². The summed E-state index contributed by atoms with van der Waals surface area (Å²) in [5, 5.41) is 3.57. The molecule has 1 aromatic heterocycles. The molecule has 0 radical (unpaired) electrons. The van der Waals surface area contributed by atoms with Crippen molar-refractivity contribution in [1.82, 2.24) is 4.98 Å². The number of para-hydroxylation sites is 1. The molecule has 0 saturated carbocycles. The minimum Gasteiger partial charge on any atom is -0.381 e. The molecule has 0 fully saturated rings. The van der Waals surface area contributed by atoms with Gasteiger partial charge in [0.2, 0.25) is 0 Å². The summed E-state index contributed by atoms with van der Waals surface area (Å²) in [6, 6.07) is 21.2. The fourth-order valence-electron chi connectivity index (χ4n) is 3.02. The van der Waals surface area contributed by atoms with Crippen molar-refractivity contribution in [2.24, 2.45) is 0 Å². The van der Waals surface area contributed by atoms with Gasteiger partial charge in [-0.05, 0) is 55.2 Å². The first-order valence-electron chi connectivity index (χ1n) is 8.53. The summed E-state index contributed by atoms with van der Waals surface area (Å²) in [7, 11) is 0. The van der Waals surface area contributed by atoms with E-state index in [1.165, 1.54) is 27.9 Å². The summed E-state index contributed by atoms with van der Waals surface area (Å²) in [4.78, 5) is 4.83. The number of hydrogen-bond donors (Lipinski definition) is 1. The van der Waals surface area contributed by atoms with Crippen molar-refractivity contribution in [3.8, 4) is 11.3 Å². The molecule has 0 bridgehead atoms. The zero-order valence-electron chi connectivity index (χ0n) is 14.6. The van der Waals surface area contributed by atoms with Crippen LogP contribution >= 0.6 is 0 Å². The Bertz CT molecular complexity index is 837. The fraction of sp³-hybridized carbons (Fsp3) is 0.227. The monoisotopic (exact) mass is 316 g/mol. The van der Waals surface area contributed by atoms with Crippen LogP contribution in [0.1, 0.15) is 29.3 Å². The number of anilines is 1. The topological polar surface area (TPSA) is 24.9 Å². The van der Waals surface area contributed by atoms with Crippen molar-refractivity contribution in [2.75, 3.05) is 5.32 Å². The van der Waals surface area contributed by atoms with Gasteiger partial charge in [0.15, 0.2) is 0 Å². The second kappa shape index (κ2) is 7.31. The maximum absolute atomic E-state index is 4.83. The van der Waals surface area contributed by atoms with E-state index in [-0.39, 0.29) is 0 Å². The Kier molecular flexibility index (Phi) is 4.95. The maximum Gasteiger partial charge on any atom is 0.0711 e. The van der Waals surface area contributed by atoms with Gasteiger partial charge in [0.05, 0.1) is 5.69 Å². The van der Waals surface area contributed by atoms with Crippen molar-refractivity contribution >= 4 is 5.69 Å². The molecule has 3 aromatic rings. The lowest BCUT2D eigenvalue weighted by Gasteiger charge is -2.15. The van der Waals surface area contributed by atoms with E-state index in [9.17, 15) is 0 Å². The van der Waals surface area contributed by atoms with E-state index in [0.717, 1.165) is 24.4 Å². The molecule has 0 aliphatic carbocycles. The van der Waals surface area contributed by atoms with Crippen molar-refractivity contribution in [2.45, 2.75) is 33.7 Å². The molecule has 1 heterocycles. The summed E-state index contributed by atoms with van der Waals surface area (Å²) >= 11 is 0. The predicted octanol–water partition coefficient (Wildman–Crippen LogP) is 5.54. The summed E-state index contributed by atoms with van der Waals surface area (Å²) < 4.78 is 0. The van der Waals surface area contributed by atoms with Crippen LogP contribution in [0.2, 0.25) is 0 Å². The van der Waals surface area contributed by atoms with Crippen LogP contribution in [-0.2, 0) is 13.0 Å². The lowest BCUT2D eigenvalue weighted by atomic mass is 9.98. The number of aromatic nitrogens is 1. The van der Waals surface area contributed by atoms with Gasteiger partial charge >= 0.3 is 0 Å². The SMILES string of the molecule is CCc1cccc(-c2c(C)cccc2CNc2ccccc2C)n1. The van der Waals surface area contributed by atoms with E-state index in [0.29, 0.717) is 0 Å². The first kappa shape index (κ1) is 16.3. The molecule has 0 saturated heterocycles. The van der Waals surface area contributed by atoms with Crippen LogP contribution < -0.4 is 5.32 Å². The third kappa shape index (κ3) is 3.48. The van der Waals surface area contributed by atoms with Crippen molar-refractivity contribution in [3.63, 3.8) is 0 Å². The largest absolute Gasteiger partial charge is 0.381 e. The second-order valence-electron chi connectivity index (χ2n) is 6.15. The highest BCUT2D eigenvalue weighted by Crippen LogP contribution is 2.27. The van der Waals surface area contributed by atoms with E-state index < -0.39 is 0 Å². The lowest BCUT2D eigenvalue weighted by molar-refractivity contribution is 1.03. The van der Waals surface area contributed by atoms with E-state index in [4.69, 9.17) is 4.98 Å². The number of pyridine rings is 1. The highest BCUT2D eigenvalue weighted by Gasteiger charge is 2.10. The highest BCUT2D eigenvalue weighted by molar-refractivity contribution is 5.68. The smallest absolute Gasteiger partial charge is 0.0711 e. The quantitative estimate of drug-likeness (QED) is 0.668. The number of benzene rings is 2. The molecule has 2 nitrogen and oxygen atoms in total. The maximum atomic E-state index is 4.83. The van der Waals surface area contributed by atoms with Crippen LogP contribution in [0.25, 0.3) is 11.3 Å². The van der Waals surface area contributed by atoms with Crippen molar-refractivity contribution in [3.05, 3.63) is 83.0 Å². The van der Waals surface area contributed by atoms with E-state index in [1.807, 2.05) is 0 Å². The Morgan fingerprint density at radius 1 is 0.833 bits per heavy atom. The standard InChI is InChI=1S/C22H24N2/c1-4-19-12-8-14-21(24-19)22-17(3)10-7-11-18(22)15-23-20-13-6-5-9-16(20)2/h5-14,23H,4,15H2,1-3H3. The molecular weight excluding hydrogens is 292 g/mol. The third-order valence-corrected chi connectivity index (χ3v) is 4.40. The van der Waals surface area contributed by atoms with Gasteiger partial charge in [-0.15, -0.1) is 0 Å². The van der Waals surface area contributed by atoms with Crippen molar-refractivity contribution < 1.29 is 0 Å². The number of nitrogens with one attached hydrogen (secondary N) is 1. The van der Waals surface area contributed by atoms with Crippen LogP contribution in [-0.4, -0.2) is 4.98 Å². The van der Waals surface area contributed by atoms with Gasteiger partial charge in [-0.1, -0.05) is 49.4 Å². The molecule has 3 rings (SSSR count). The van der Waals surface area contributed by atoms with Crippen LogP contribution in [0.4, 0.5) is 5.69 Å². The van der Waals surface area contributed by atoms with Gasteiger partial charge in [0.1, 0.15) is 0 Å². The van der Waals surface area contributed by atoms with Crippen LogP contribution in [0.15, 0.2) is 60.7 Å². The Morgan fingerprint density at radius 2 is 1.58 bits per heavy atom. The van der Waals surface area contributed by atoms with Crippen LogP contribution in [0.5, 0.6) is 0 Å². The average Bonchev–Trinajstić information content (AvgIpc) is 2.61. The molecule has 1 N–H and O–H groups in total. The van der Waals surface area contributed by atoms with Gasteiger partial charge in [-0.3, -0.25) is 4.98 Å². The number of rotatable bonds is 5. The molecule has 2 aromatic carbocycles. The van der Waals surface area contributed by atoms with E-state index in [2.05, 4.69) is 86.8 Å².